The lowest BCUT2D eigenvalue weighted by atomic mass is 9.83. The second-order valence-corrected chi connectivity index (χ2v) is 12.6. The molecule has 5 rings (SSSR count). The Bertz CT molecular complexity index is 1570. The van der Waals surface area contributed by atoms with Crippen molar-refractivity contribution in [3.63, 3.8) is 0 Å². The minimum Gasteiger partial charge on any atom is -0.497 e. The topological polar surface area (TPSA) is 81.7 Å². The van der Waals surface area contributed by atoms with E-state index in [1.54, 1.807) is 13.2 Å². The number of methoxy groups -OCH3 is 1. The summed E-state index contributed by atoms with van der Waals surface area (Å²) in [6, 6.07) is 35.3. The van der Waals surface area contributed by atoms with E-state index >= 15 is 0 Å². The number of carbonyl (C=O) groups is 1. The molecule has 6 atom stereocenters. The van der Waals surface area contributed by atoms with E-state index < -0.39 is 42.6 Å². The van der Waals surface area contributed by atoms with Gasteiger partial charge < -0.3 is 33.2 Å². The van der Waals surface area contributed by atoms with Gasteiger partial charge in [-0.2, -0.15) is 0 Å². The Morgan fingerprint density at radius 1 is 0.592 bits per heavy atom. The molecule has 4 aromatic carbocycles. The Labute approximate surface area is 297 Å². The molecule has 49 heavy (non-hydrogen) atoms. The van der Waals surface area contributed by atoms with Gasteiger partial charge in [0.05, 0.1) is 40.1 Å². The first kappa shape index (κ1) is 36.5. The van der Waals surface area contributed by atoms with Crippen LogP contribution in [0.4, 0.5) is 0 Å². The molecule has 0 unspecified atom stereocenters. The van der Waals surface area contributed by atoms with Crippen LogP contribution in [0.25, 0.3) is 0 Å². The van der Waals surface area contributed by atoms with Gasteiger partial charge in [0.1, 0.15) is 36.3 Å². The van der Waals surface area contributed by atoms with Crippen LogP contribution in [-0.4, -0.2) is 56.3 Å². The quantitative estimate of drug-likeness (QED) is 0.0812. The van der Waals surface area contributed by atoms with Crippen LogP contribution in [0.1, 0.15) is 29.2 Å². The summed E-state index contributed by atoms with van der Waals surface area (Å²) >= 11 is 3.52. The summed E-state index contributed by atoms with van der Waals surface area (Å²) in [5.41, 5.74) is 3.81. The largest absolute Gasteiger partial charge is 0.497 e. The second kappa shape index (κ2) is 18.8. The Kier molecular flexibility index (Phi) is 14.0. The molecule has 0 saturated heterocycles. The van der Waals surface area contributed by atoms with Crippen molar-refractivity contribution in [1.29, 1.82) is 0 Å². The molecule has 4 aromatic rings. The van der Waals surface area contributed by atoms with Gasteiger partial charge in [0.25, 0.3) is 0 Å². The van der Waals surface area contributed by atoms with E-state index in [-0.39, 0.29) is 33.0 Å². The Morgan fingerprint density at radius 3 is 1.39 bits per heavy atom. The number of halogens is 1. The molecule has 1 saturated carbocycles. The predicted molar refractivity (Wildman–Crippen MR) is 190 cm³/mol. The Hall–Kier alpha value is -3.83. The molecule has 0 bridgehead atoms. The van der Waals surface area contributed by atoms with Gasteiger partial charge in [-0.25, -0.2) is 0 Å². The molecule has 258 valence electrons. The van der Waals surface area contributed by atoms with Crippen molar-refractivity contribution in [2.24, 2.45) is 0 Å². The maximum Gasteiger partial charge on any atom is 0.303 e. The third-order valence-electron chi connectivity index (χ3n) is 8.18. The molecule has 0 spiro atoms. The van der Waals surface area contributed by atoms with E-state index in [4.69, 9.17) is 33.2 Å². The van der Waals surface area contributed by atoms with Crippen LogP contribution in [0.15, 0.2) is 126 Å². The molecule has 0 amide bonds. The molecular formula is C40H43BrO8. The molecule has 0 aromatic heterocycles. The number of esters is 1. The van der Waals surface area contributed by atoms with E-state index in [9.17, 15) is 4.79 Å². The molecule has 0 radical (unpaired) electrons. The smallest absolute Gasteiger partial charge is 0.303 e. The number of hydrogen-bond acceptors (Lipinski definition) is 8. The van der Waals surface area contributed by atoms with E-state index in [0.717, 1.165) is 32.5 Å². The van der Waals surface area contributed by atoms with Gasteiger partial charge in [-0.05, 0) is 46.5 Å². The molecule has 1 fully saturated rings. The summed E-state index contributed by atoms with van der Waals surface area (Å²) in [6.45, 7) is 6.44. The zero-order valence-electron chi connectivity index (χ0n) is 27.8. The normalized spacial score (nSPS) is 21.9. The third-order valence-corrected chi connectivity index (χ3v) is 8.71. The highest BCUT2D eigenvalue weighted by Gasteiger charge is 2.56. The van der Waals surface area contributed by atoms with Crippen molar-refractivity contribution >= 4 is 21.9 Å². The maximum absolute atomic E-state index is 12.7. The molecule has 1 aliphatic carbocycles. The van der Waals surface area contributed by atoms with Crippen molar-refractivity contribution in [2.75, 3.05) is 13.7 Å². The number of benzene rings is 4. The van der Waals surface area contributed by atoms with Crippen molar-refractivity contribution < 1.29 is 38.0 Å². The van der Waals surface area contributed by atoms with Crippen LogP contribution in [0.3, 0.4) is 0 Å². The molecular weight excluding hydrogens is 688 g/mol. The fourth-order valence-corrected chi connectivity index (χ4v) is 6.06. The van der Waals surface area contributed by atoms with Crippen LogP contribution in [0, 0.1) is 0 Å². The van der Waals surface area contributed by atoms with Crippen molar-refractivity contribution in [3.05, 3.63) is 149 Å². The summed E-state index contributed by atoms with van der Waals surface area (Å²) in [6.07, 6.45) is -2.97. The van der Waals surface area contributed by atoms with E-state index in [0.29, 0.717) is 0 Å². The molecule has 8 nitrogen and oxygen atoms in total. The molecule has 0 heterocycles. The van der Waals surface area contributed by atoms with Gasteiger partial charge in [0, 0.05) is 11.4 Å². The van der Waals surface area contributed by atoms with E-state index in [1.165, 1.54) is 6.92 Å². The molecule has 1 aliphatic rings. The van der Waals surface area contributed by atoms with Crippen LogP contribution in [0.5, 0.6) is 5.75 Å². The van der Waals surface area contributed by atoms with Gasteiger partial charge in [0.15, 0.2) is 6.10 Å². The Morgan fingerprint density at radius 2 is 0.980 bits per heavy atom. The van der Waals surface area contributed by atoms with Crippen molar-refractivity contribution in [1.82, 2.24) is 0 Å². The average Bonchev–Trinajstić information content (AvgIpc) is 3.13. The average molecular weight is 732 g/mol. The third kappa shape index (κ3) is 10.6. The fourth-order valence-electron chi connectivity index (χ4n) is 5.80. The highest BCUT2D eigenvalue weighted by Crippen LogP contribution is 2.36. The summed E-state index contributed by atoms with van der Waals surface area (Å²) in [7, 11) is 1.62. The lowest BCUT2D eigenvalue weighted by Gasteiger charge is -2.49. The van der Waals surface area contributed by atoms with Gasteiger partial charge >= 0.3 is 5.97 Å². The Balaban J connectivity index is 1.55. The summed E-state index contributed by atoms with van der Waals surface area (Å²) in [5, 5.41) is 0. The maximum atomic E-state index is 12.7. The zero-order chi connectivity index (χ0) is 34.4. The van der Waals surface area contributed by atoms with Crippen LogP contribution >= 0.6 is 15.9 Å². The first-order chi connectivity index (χ1) is 23.9. The standard InChI is InChI=1S/C40H43BrO8/c1-4-23-44-38-36(45-24-29-11-7-5-8-12-29)35(47-26-31-15-19-33(41)20-16-31)37(46-25-30-13-9-6-10-14-30)39(40(38)49-28(2)42)48-27-32-17-21-34(43-3)22-18-32/h4-22,35-40H,1,23-27H2,2-3H3/t35-,36+,37-,38-,39+,40-/m0/s1. The van der Waals surface area contributed by atoms with Crippen LogP contribution < -0.4 is 4.74 Å². The van der Waals surface area contributed by atoms with Gasteiger partial charge in [-0.3, -0.25) is 4.79 Å². The van der Waals surface area contributed by atoms with Gasteiger partial charge in [0.2, 0.25) is 0 Å². The lowest BCUT2D eigenvalue weighted by Crippen LogP contribution is -2.67. The number of hydrogen-bond donors (Lipinski definition) is 0. The summed E-state index contributed by atoms with van der Waals surface area (Å²) in [4.78, 5) is 12.7. The minimum absolute atomic E-state index is 0.188. The number of rotatable bonds is 17. The molecule has 9 heteroatoms. The first-order valence-electron chi connectivity index (χ1n) is 16.3. The summed E-state index contributed by atoms with van der Waals surface area (Å²) < 4.78 is 45.7. The fraction of sp³-hybridized carbons (Fsp3) is 0.325. The highest BCUT2D eigenvalue weighted by atomic mass is 79.9. The van der Waals surface area contributed by atoms with Crippen LogP contribution in [0.2, 0.25) is 0 Å². The molecule has 0 aliphatic heterocycles. The monoisotopic (exact) mass is 730 g/mol. The predicted octanol–water partition coefficient (Wildman–Crippen LogP) is 7.62. The minimum atomic E-state index is -0.898. The zero-order valence-corrected chi connectivity index (χ0v) is 29.4. The van der Waals surface area contributed by atoms with Crippen molar-refractivity contribution in [3.8, 4) is 5.75 Å². The van der Waals surface area contributed by atoms with Gasteiger partial charge in [-0.1, -0.05) is 107 Å². The highest BCUT2D eigenvalue weighted by molar-refractivity contribution is 9.10. The van der Waals surface area contributed by atoms with Crippen LogP contribution in [-0.2, 0) is 59.6 Å². The second-order valence-electron chi connectivity index (χ2n) is 11.7. The van der Waals surface area contributed by atoms with E-state index in [1.807, 2.05) is 109 Å². The number of ether oxygens (including phenoxy) is 7. The SMILES string of the molecule is C=CCO[C@H]1[C@H](OCc2ccccc2)[C@H](OCc2ccc(Br)cc2)[C@H](OCc2ccccc2)[C@@H](OCc2ccc(OC)cc2)[C@H]1OC(C)=O. The summed E-state index contributed by atoms with van der Waals surface area (Å²) in [5.74, 6) is 0.258. The first-order valence-corrected chi connectivity index (χ1v) is 17.1. The van der Waals surface area contributed by atoms with E-state index in [2.05, 4.69) is 22.5 Å². The molecule has 0 N–H and O–H groups in total. The van der Waals surface area contributed by atoms with Crippen molar-refractivity contribution in [2.45, 2.75) is 70.0 Å². The number of carbonyl (C=O) groups excluding carboxylic acids is 1. The van der Waals surface area contributed by atoms with Gasteiger partial charge in [-0.15, -0.1) is 6.58 Å². The lowest BCUT2D eigenvalue weighted by molar-refractivity contribution is -0.283.